The second-order valence-corrected chi connectivity index (χ2v) is 5.90. The molecular weight excluding hydrogens is 308 g/mol. The largest absolute Gasteiger partial charge is 0.395 e. The number of benzene rings is 2. The van der Waals surface area contributed by atoms with Crippen LogP contribution in [0.1, 0.15) is 22.8 Å². The molecule has 0 atom stereocenters. The summed E-state index contributed by atoms with van der Waals surface area (Å²) in [7, 11) is 0. The van der Waals surface area contributed by atoms with Crippen molar-refractivity contribution in [3.05, 3.63) is 59.7 Å². The molecule has 2 aromatic carbocycles. The highest BCUT2D eigenvalue weighted by molar-refractivity contribution is 7.99. The fourth-order valence-electron chi connectivity index (χ4n) is 2.19. The third-order valence-electron chi connectivity index (χ3n) is 3.38. The number of likely N-dealkylation sites (N-methyl/N-ethyl adjacent to an activating group) is 1. The van der Waals surface area contributed by atoms with E-state index in [-0.39, 0.29) is 12.5 Å². The number of nitriles is 1. The van der Waals surface area contributed by atoms with Gasteiger partial charge in [0.1, 0.15) is 6.07 Å². The van der Waals surface area contributed by atoms with Crippen molar-refractivity contribution in [3.63, 3.8) is 0 Å². The molecule has 0 aromatic heterocycles. The van der Waals surface area contributed by atoms with E-state index in [2.05, 4.69) is 6.07 Å². The zero-order chi connectivity index (χ0) is 16.7. The Kier molecular flexibility index (Phi) is 6.21. The highest BCUT2D eigenvalue weighted by Gasteiger charge is 2.18. The van der Waals surface area contributed by atoms with Gasteiger partial charge in [-0.15, -0.1) is 0 Å². The Bertz CT molecular complexity index is 725. The molecular formula is C18H18N2O2S. The van der Waals surface area contributed by atoms with Crippen molar-refractivity contribution in [2.24, 2.45) is 0 Å². The molecule has 0 fully saturated rings. The molecule has 1 N–H and O–H groups in total. The number of rotatable bonds is 6. The highest BCUT2D eigenvalue weighted by Crippen LogP contribution is 2.33. The smallest absolute Gasteiger partial charge is 0.255 e. The van der Waals surface area contributed by atoms with E-state index in [1.54, 1.807) is 17.0 Å². The molecule has 0 heterocycles. The van der Waals surface area contributed by atoms with Crippen LogP contribution in [0.15, 0.2) is 58.3 Å². The summed E-state index contributed by atoms with van der Waals surface area (Å²) in [6, 6.07) is 16.8. The lowest BCUT2D eigenvalue weighted by molar-refractivity contribution is 0.0728. The minimum Gasteiger partial charge on any atom is -0.395 e. The lowest BCUT2D eigenvalue weighted by atomic mass is 10.2. The van der Waals surface area contributed by atoms with Crippen LogP contribution < -0.4 is 0 Å². The Labute approximate surface area is 140 Å². The first-order valence-corrected chi connectivity index (χ1v) is 8.19. The lowest BCUT2D eigenvalue weighted by Crippen LogP contribution is -2.33. The summed E-state index contributed by atoms with van der Waals surface area (Å²) in [6.07, 6.45) is 0. The summed E-state index contributed by atoms with van der Waals surface area (Å²) < 4.78 is 0. The molecule has 23 heavy (non-hydrogen) atoms. The fraction of sp³-hybridized carbons (Fsp3) is 0.222. The number of hydrogen-bond acceptors (Lipinski definition) is 4. The van der Waals surface area contributed by atoms with Gasteiger partial charge in [0.2, 0.25) is 0 Å². The molecule has 0 radical (unpaired) electrons. The molecule has 0 aliphatic rings. The molecule has 2 aromatic rings. The third kappa shape index (κ3) is 4.13. The molecule has 0 saturated carbocycles. The van der Waals surface area contributed by atoms with Crippen LogP contribution in [0.4, 0.5) is 0 Å². The van der Waals surface area contributed by atoms with E-state index >= 15 is 0 Å². The molecule has 2 rings (SSSR count). The van der Waals surface area contributed by atoms with E-state index in [4.69, 9.17) is 5.11 Å². The van der Waals surface area contributed by atoms with E-state index in [0.29, 0.717) is 24.2 Å². The molecule has 0 aliphatic heterocycles. The Hall–Kier alpha value is -2.29. The number of aliphatic hydroxyl groups excluding tert-OH is 1. The maximum absolute atomic E-state index is 12.7. The zero-order valence-corrected chi connectivity index (χ0v) is 13.7. The average Bonchev–Trinajstić information content (AvgIpc) is 2.60. The molecule has 0 aliphatic carbocycles. The first kappa shape index (κ1) is 17.1. The van der Waals surface area contributed by atoms with E-state index in [9.17, 15) is 10.1 Å². The van der Waals surface area contributed by atoms with E-state index in [0.717, 1.165) is 9.79 Å². The Balaban J connectivity index is 2.34. The van der Waals surface area contributed by atoms with Crippen LogP contribution in [0, 0.1) is 11.3 Å². The topological polar surface area (TPSA) is 64.3 Å². The van der Waals surface area contributed by atoms with Gasteiger partial charge in [0, 0.05) is 22.9 Å². The van der Waals surface area contributed by atoms with Crippen LogP contribution >= 0.6 is 11.8 Å². The van der Waals surface area contributed by atoms with E-state index < -0.39 is 0 Å². The fourth-order valence-corrected chi connectivity index (χ4v) is 3.21. The summed E-state index contributed by atoms with van der Waals surface area (Å²) in [4.78, 5) is 15.9. The average molecular weight is 326 g/mol. The molecule has 118 valence electrons. The van der Waals surface area contributed by atoms with Gasteiger partial charge in [-0.05, 0) is 31.2 Å². The molecule has 0 unspecified atom stereocenters. The van der Waals surface area contributed by atoms with Gasteiger partial charge in [-0.3, -0.25) is 4.79 Å². The molecule has 0 spiro atoms. The van der Waals surface area contributed by atoms with Gasteiger partial charge in [0.05, 0.1) is 17.7 Å². The predicted molar refractivity (Wildman–Crippen MR) is 90.4 cm³/mol. The first-order valence-electron chi connectivity index (χ1n) is 7.37. The second kappa shape index (κ2) is 8.37. The molecule has 5 heteroatoms. The highest BCUT2D eigenvalue weighted by atomic mass is 32.2. The normalized spacial score (nSPS) is 10.1. The zero-order valence-electron chi connectivity index (χ0n) is 12.9. The van der Waals surface area contributed by atoms with Crippen molar-refractivity contribution >= 4 is 17.7 Å². The SMILES string of the molecule is CCN(CCO)C(=O)c1ccccc1Sc1ccccc1C#N. The molecule has 4 nitrogen and oxygen atoms in total. The second-order valence-electron chi connectivity index (χ2n) is 4.81. The van der Waals surface area contributed by atoms with E-state index in [1.165, 1.54) is 11.8 Å². The summed E-state index contributed by atoms with van der Waals surface area (Å²) in [5, 5.41) is 18.3. The van der Waals surface area contributed by atoms with Crippen molar-refractivity contribution in [1.29, 1.82) is 5.26 Å². The summed E-state index contributed by atoms with van der Waals surface area (Å²) in [6.45, 7) is 2.66. The maximum atomic E-state index is 12.7. The van der Waals surface area contributed by atoms with Crippen molar-refractivity contribution in [2.75, 3.05) is 19.7 Å². The summed E-state index contributed by atoms with van der Waals surface area (Å²) in [5.41, 5.74) is 1.17. The number of carbonyl (C=O) groups is 1. The molecule has 1 amide bonds. The Morgan fingerprint density at radius 2 is 1.83 bits per heavy atom. The summed E-state index contributed by atoms with van der Waals surface area (Å²) >= 11 is 1.41. The molecule has 0 bridgehead atoms. The van der Waals surface area contributed by atoms with Gasteiger partial charge in [-0.2, -0.15) is 5.26 Å². The van der Waals surface area contributed by atoms with Crippen LogP contribution in [-0.2, 0) is 0 Å². The Morgan fingerprint density at radius 3 is 2.48 bits per heavy atom. The van der Waals surface area contributed by atoms with Gasteiger partial charge < -0.3 is 10.0 Å². The maximum Gasteiger partial charge on any atom is 0.255 e. The van der Waals surface area contributed by atoms with Gasteiger partial charge in [-0.25, -0.2) is 0 Å². The van der Waals surface area contributed by atoms with Crippen molar-refractivity contribution in [2.45, 2.75) is 16.7 Å². The monoisotopic (exact) mass is 326 g/mol. The Morgan fingerprint density at radius 1 is 1.17 bits per heavy atom. The van der Waals surface area contributed by atoms with Crippen molar-refractivity contribution in [1.82, 2.24) is 4.90 Å². The lowest BCUT2D eigenvalue weighted by Gasteiger charge is -2.21. The number of nitrogens with zero attached hydrogens (tertiary/aromatic N) is 2. The number of hydrogen-bond donors (Lipinski definition) is 1. The van der Waals surface area contributed by atoms with Crippen LogP contribution in [0.3, 0.4) is 0 Å². The van der Waals surface area contributed by atoms with Crippen LogP contribution in [-0.4, -0.2) is 35.6 Å². The quantitative estimate of drug-likeness (QED) is 0.885. The van der Waals surface area contributed by atoms with Crippen molar-refractivity contribution in [3.8, 4) is 6.07 Å². The van der Waals surface area contributed by atoms with Gasteiger partial charge in [-0.1, -0.05) is 36.0 Å². The number of amides is 1. The standard InChI is InChI=1S/C18H18N2O2S/c1-2-20(11-12-21)18(22)15-8-4-6-10-17(15)23-16-9-5-3-7-14(16)13-19/h3-10,21H,2,11-12H2,1H3. The predicted octanol–water partition coefficient (Wildman–Crippen LogP) is 3.16. The van der Waals surface area contributed by atoms with Crippen molar-refractivity contribution < 1.29 is 9.90 Å². The summed E-state index contributed by atoms with van der Waals surface area (Å²) in [5.74, 6) is -0.112. The van der Waals surface area contributed by atoms with E-state index in [1.807, 2.05) is 43.3 Å². The minimum atomic E-state index is -0.112. The van der Waals surface area contributed by atoms with Gasteiger partial charge in [0.25, 0.3) is 5.91 Å². The van der Waals surface area contributed by atoms with Crippen LogP contribution in [0.25, 0.3) is 0 Å². The van der Waals surface area contributed by atoms with Crippen LogP contribution in [0.2, 0.25) is 0 Å². The van der Waals surface area contributed by atoms with Gasteiger partial charge >= 0.3 is 0 Å². The van der Waals surface area contributed by atoms with Crippen LogP contribution in [0.5, 0.6) is 0 Å². The number of aliphatic hydroxyl groups is 1. The third-order valence-corrected chi connectivity index (χ3v) is 4.54. The first-order chi connectivity index (χ1) is 11.2. The number of carbonyl (C=O) groups excluding carboxylic acids is 1. The minimum absolute atomic E-state index is 0.0633. The molecule has 0 saturated heterocycles. The van der Waals surface area contributed by atoms with Gasteiger partial charge in [0.15, 0.2) is 0 Å².